The van der Waals surface area contributed by atoms with E-state index in [-0.39, 0.29) is 17.9 Å². The van der Waals surface area contributed by atoms with Gasteiger partial charge in [0, 0.05) is 31.1 Å². The number of ether oxygens (including phenoxy) is 1. The van der Waals surface area contributed by atoms with Crippen molar-refractivity contribution in [3.8, 4) is 0 Å². The van der Waals surface area contributed by atoms with Gasteiger partial charge in [-0.1, -0.05) is 13.8 Å². The van der Waals surface area contributed by atoms with Crippen molar-refractivity contribution in [2.24, 2.45) is 11.8 Å². The maximum atomic E-state index is 11.9. The first kappa shape index (κ1) is 13.8. The van der Waals surface area contributed by atoms with Crippen LogP contribution in [0.2, 0.25) is 0 Å². The van der Waals surface area contributed by atoms with Gasteiger partial charge in [0.1, 0.15) is 0 Å². The Hall–Kier alpha value is -0.280. The summed E-state index contributed by atoms with van der Waals surface area (Å²) in [5, 5.41) is 3.04. The van der Waals surface area contributed by atoms with Gasteiger partial charge in [-0.3, -0.25) is 4.79 Å². The van der Waals surface area contributed by atoms with Gasteiger partial charge in [0.05, 0.1) is 0 Å². The molecule has 0 bridgehead atoms. The molecule has 1 saturated heterocycles. The van der Waals surface area contributed by atoms with Crippen molar-refractivity contribution in [3.05, 3.63) is 0 Å². The third-order valence-electron chi connectivity index (χ3n) is 2.88. The SMILES string of the molecule is CC(C)CC(CCl)NC(=O)C1CCOCC1. The molecule has 1 atom stereocenters. The first-order valence-electron chi connectivity index (χ1n) is 6.07. The Bertz CT molecular complexity index is 215. The molecule has 1 unspecified atom stereocenters. The summed E-state index contributed by atoms with van der Waals surface area (Å²) < 4.78 is 5.24. The maximum Gasteiger partial charge on any atom is 0.223 e. The fraction of sp³-hybridized carbons (Fsp3) is 0.917. The molecule has 0 radical (unpaired) electrons. The Morgan fingerprint density at radius 3 is 2.56 bits per heavy atom. The lowest BCUT2D eigenvalue weighted by atomic mass is 9.98. The minimum absolute atomic E-state index is 0.108. The normalized spacial score (nSPS) is 19.8. The first-order chi connectivity index (χ1) is 7.63. The highest BCUT2D eigenvalue weighted by molar-refractivity contribution is 6.18. The highest BCUT2D eigenvalue weighted by Gasteiger charge is 2.23. The van der Waals surface area contributed by atoms with Crippen molar-refractivity contribution >= 4 is 17.5 Å². The zero-order valence-corrected chi connectivity index (χ0v) is 10.9. The van der Waals surface area contributed by atoms with E-state index in [4.69, 9.17) is 16.3 Å². The molecule has 4 heteroatoms. The third kappa shape index (κ3) is 4.71. The molecule has 3 nitrogen and oxygen atoms in total. The van der Waals surface area contributed by atoms with E-state index in [0.717, 1.165) is 19.3 Å². The largest absolute Gasteiger partial charge is 0.381 e. The minimum atomic E-state index is 0.108. The van der Waals surface area contributed by atoms with Crippen LogP contribution in [-0.2, 0) is 9.53 Å². The number of carbonyl (C=O) groups excluding carboxylic acids is 1. The van der Waals surface area contributed by atoms with Gasteiger partial charge < -0.3 is 10.1 Å². The van der Waals surface area contributed by atoms with Crippen molar-refractivity contribution in [2.75, 3.05) is 19.1 Å². The quantitative estimate of drug-likeness (QED) is 0.757. The van der Waals surface area contributed by atoms with Crippen LogP contribution in [0, 0.1) is 11.8 Å². The number of amides is 1. The fourth-order valence-corrected chi connectivity index (χ4v) is 2.21. The van der Waals surface area contributed by atoms with E-state index in [0.29, 0.717) is 25.0 Å². The zero-order chi connectivity index (χ0) is 12.0. The molecule has 0 spiro atoms. The Morgan fingerprint density at radius 2 is 2.06 bits per heavy atom. The molecule has 1 aliphatic rings. The number of alkyl halides is 1. The molecule has 0 aromatic heterocycles. The lowest BCUT2D eigenvalue weighted by Crippen LogP contribution is -2.42. The van der Waals surface area contributed by atoms with E-state index >= 15 is 0 Å². The Morgan fingerprint density at radius 1 is 1.44 bits per heavy atom. The van der Waals surface area contributed by atoms with Gasteiger partial charge in [-0.25, -0.2) is 0 Å². The first-order valence-corrected chi connectivity index (χ1v) is 6.61. The van der Waals surface area contributed by atoms with Gasteiger partial charge >= 0.3 is 0 Å². The van der Waals surface area contributed by atoms with Crippen molar-refractivity contribution in [3.63, 3.8) is 0 Å². The molecular weight excluding hydrogens is 226 g/mol. The molecular formula is C12H22ClNO2. The second kappa shape index (κ2) is 7.13. The number of nitrogens with one attached hydrogen (secondary N) is 1. The number of hydrogen-bond donors (Lipinski definition) is 1. The van der Waals surface area contributed by atoms with Gasteiger partial charge in [-0.05, 0) is 25.2 Å². The average Bonchev–Trinajstić information content (AvgIpc) is 2.28. The summed E-state index contributed by atoms with van der Waals surface area (Å²) in [4.78, 5) is 11.9. The van der Waals surface area contributed by atoms with Crippen LogP contribution in [0.3, 0.4) is 0 Å². The molecule has 1 heterocycles. The summed E-state index contributed by atoms with van der Waals surface area (Å²) >= 11 is 5.86. The summed E-state index contributed by atoms with van der Waals surface area (Å²) in [5.41, 5.74) is 0. The van der Waals surface area contributed by atoms with Crippen LogP contribution in [-0.4, -0.2) is 31.0 Å². The van der Waals surface area contributed by atoms with E-state index in [1.54, 1.807) is 0 Å². The van der Waals surface area contributed by atoms with Gasteiger partial charge in [0.25, 0.3) is 0 Å². The highest BCUT2D eigenvalue weighted by atomic mass is 35.5. The van der Waals surface area contributed by atoms with Gasteiger partial charge in [0.15, 0.2) is 0 Å². The number of hydrogen-bond acceptors (Lipinski definition) is 2. The lowest BCUT2D eigenvalue weighted by molar-refractivity contribution is -0.128. The summed E-state index contributed by atoms with van der Waals surface area (Å²) in [6, 6.07) is 0.108. The summed E-state index contributed by atoms with van der Waals surface area (Å²) in [7, 11) is 0. The molecule has 1 N–H and O–H groups in total. The molecule has 0 aromatic carbocycles. The standard InChI is InChI=1S/C12H22ClNO2/c1-9(2)7-11(8-13)14-12(15)10-3-5-16-6-4-10/h9-11H,3-8H2,1-2H3,(H,14,15). The molecule has 0 aromatic rings. The van der Waals surface area contributed by atoms with E-state index < -0.39 is 0 Å². The maximum absolute atomic E-state index is 11.9. The van der Waals surface area contributed by atoms with Crippen molar-refractivity contribution in [1.29, 1.82) is 0 Å². The topological polar surface area (TPSA) is 38.3 Å². The van der Waals surface area contributed by atoms with Crippen LogP contribution in [0.25, 0.3) is 0 Å². The predicted molar refractivity (Wildman–Crippen MR) is 65.6 cm³/mol. The van der Waals surface area contributed by atoms with Gasteiger partial charge in [-0.2, -0.15) is 0 Å². The summed E-state index contributed by atoms with van der Waals surface area (Å²) in [6.07, 6.45) is 2.61. The van der Waals surface area contributed by atoms with Crippen molar-refractivity contribution in [1.82, 2.24) is 5.32 Å². The second-order valence-electron chi connectivity index (χ2n) is 4.88. The molecule has 1 aliphatic heterocycles. The molecule has 16 heavy (non-hydrogen) atoms. The Labute approximate surface area is 103 Å². The average molecular weight is 248 g/mol. The number of rotatable bonds is 5. The third-order valence-corrected chi connectivity index (χ3v) is 3.25. The fourth-order valence-electron chi connectivity index (χ4n) is 2.01. The monoisotopic (exact) mass is 247 g/mol. The van der Waals surface area contributed by atoms with E-state index in [2.05, 4.69) is 19.2 Å². The van der Waals surface area contributed by atoms with E-state index in [1.165, 1.54) is 0 Å². The second-order valence-corrected chi connectivity index (χ2v) is 5.18. The van der Waals surface area contributed by atoms with Crippen LogP contribution in [0.5, 0.6) is 0 Å². The van der Waals surface area contributed by atoms with Crippen molar-refractivity contribution in [2.45, 2.75) is 39.2 Å². The molecule has 94 valence electrons. The van der Waals surface area contributed by atoms with Crippen LogP contribution >= 0.6 is 11.6 Å². The molecule has 1 rings (SSSR count). The lowest BCUT2D eigenvalue weighted by Gasteiger charge is -2.25. The molecule has 1 amide bonds. The summed E-state index contributed by atoms with van der Waals surface area (Å²) in [5.74, 6) is 1.31. The van der Waals surface area contributed by atoms with Crippen molar-refractivity contribution < 1.29 is 9.53 Å². The molecule has 0 aliphatic carbocycles. The number of halogens is 1. The van der Waals surface area contributed by atoms with Crippen LogP contribution in [0.15, 0.2) is 0 Å². The summed E-state index contributed by atoms with van der Waals surface area (Å²) in [6.45, 7) is 5.68. The molecule has 0 saturated carbocycles. The van der Waals surface area contributed by atoms with E-state index in [9.17, 15) is 4.79 Å². The van der Waals surface area contributed by atoms with Gasteiger partial charge in [0.2, 0.25) is 5.91 Å². The van der Waals surface area contributed by atoms with Gasteiger partial charge in [-0.15, -0.1) is 11.6 Å². The van der Waals surface area contributed by atoms with Crippen LogP contribution in [0.4, 0.5) is 0 Å². The highest BCUT2D eigenvalue weighted by Crippen LogP contribution is 2.15. The predicted octanol–water partition coefficient (Wildman–Crippen LogP) is 2.18. The minimum Gasteiger partial charge on any atom is -0.381 e. The Kier molecular flexibility index (Phi) is 6.14. The van der Waals surface area contributed by atoms with Crippen LogP contribution in [0.1, 0.15) is 33.1 Å². The zero-order valence-electron chi connectivity index (χ0n) is 10.2. The van der Waals surface area contributed by atoms with E-state index in [1.807, 2.05) is 0 Å². The Balaban J connectivity index is 2.35. The molecule has 1 fully saturated rings. The number of carbonyl (C=O) groups is 1. The smallest absolute Gasteiger partial charge is 0.223 e. The van der Waals surface area contributed by atoms with Crippen LogP contribution < -0.4 is 5.32 Å².